The summed E-state index contributed by atoms with van der Waals surface area (Å²) in [5, 5.41) is 12.7. The van der Waals surface area contributed by atoms with Gasteiger partial charge in [-0.05, 0) is 0 Å². The molecule has 17 heavy (non-hydrogen) atoms. The molecule has 94 valence electrons. The Morgan fingerprint density at radius 2 is 2.18 bits per heavy atom. The molecule has 7 N–H and O–H groups in total. The minimum absolute atomic E-state index is 0.248. The molecule has 0 radical (unpaired) electrons. The quantitative estimate of drug-likeness (QED) is 0.275. The molecule has 2 atom stereocenters. The topological polar surface area (TPSA) is 148 Å². The van der Waals surface area contributed by atoms with Crippen molar-refractivity contribution in [3.05, 3.63) is 11.8 Å². The molecule has 1 rings (SSSR count). The minimum Gasteiger partial charge on any atom is -0.465 e. The third-order valence-corrected chi connectivity index (χ3v) is 2.28. The molecule has 0 bridgehead atoms. The van der Waals surface area contributed by atoms with E-state index in [1.807, 2.05) is 5.32 Å². The van der Waals surface area contributed by atoms with Gasteiger partial charge in [0.15, 0.2) is 5.78 Å². The van der Waals surface area contributed by atoms with E-state index in [2.05, 4.69) is 5.32 Å². The predicted octanol–water partition coefficient (Wildman–Crippen LogP) is -2.12. The Morgan fingerprint density at radius 3 is 2.65 bits per heavy atom. The van der Waals surface area contributed by atoms with Gasteiger partial charge in [-0.2, -0.15) is 0 Å². The van der Waals surface area contributed by atoms with Crippen LogP contribution in [0.4, 0.5) is 4.79 Å². The fourth-order valence-corrected chi connectivity index (χ4v) is 1.37. The molecule has 1 fully saturated rings. The van der Waals surface area contributed by atoms with Gasteiger partial charge < -0.3 is 27.2 Å². The van der Waals surface area contributed by atoms with Crippen LogP contribution in [0, 0.1) is 0 Å². The Bertz CT molecular complexity index is 379. The van der Waals surface area contributed by atoms with Gasteiger partial charge in [0.05, 0.1) is 12.6 Å². The zero-order valence-electron chi connectivity index (χ0n) is 8.97. The van der Waals surface area contributed by atoms with Crippen molar-refractivity contribution in [2.45, 2.75) is 18.5 Å². The zero-order chi connectivity index (χ0) is 13.0. The normalized spacial score (nSPS) is 23.6. The van der Waals surface area contributed by atoms with Gasteiger partial charge in [0, 0.05) is 18.2 Å². The summed E-state index contributed by atoms with van der Waals surface area (Å²) in [6.45, 7) is -0.334. The lowest BCUT2D eigenvalue weighted by Gasteiger charge is -2.33. The number of nitrogens with one attached hydrogen (secondary N) is 2. The number of ketones is 1. The highest BCUT2D eigenvalue weighted by Crippen LogP contribution is 2.10. The van der Waals surface area contributed by atoms with Crippen LogP contribution in [-0.2, 0) is 9.59 Å². The molecule has 1 aliphatic rings. The average molecular weight is 242 g/mol. The molecule has 0 unspecified atom stereocenters. The first-order chi connectivity index (χ1) is 7.90. The lowest BCUT2D eigenvalue weighted by Crippen LogP contribution is -2.66. The highest BCUT2D eigenvalue weighted by atomic mass is 16.4. The van der Waals surface area contributed by atoms with Crippen molar-refractivity contribution in [1.29, 1.82) is 0 Å². The van der Waals surface area contributed by atoms with Gasteiger partial charge in [0.25, 0.3) is 0 Å². The molecule has 1 saturated heterocycles. The molecule has 0 aromatic carbocycles. The molecule has 1 aliphatic heterocycles. The number of carboxylic acid groups (broad SMARTS) is 1. The standard InChI is InChI=1S/C9H14N4O4/c10-4(1-5(14)3-12-9(16)17)2-6-7(11)8(15)13-6/h1,6-7,12H,2-3,10-11H2,(H,13,15)(H,16,17)/b4-1+/t6-,7-/m0/s1. The average Bonchev–Trinajstić information content (AvgIpc) is 2.25. The molecular weight excluding hydrogens is 228 g/mol. The van der Waals surface area contributed by atoms with E-state index in [9.17, 15) is 14.4 Å². The van der Waals surface area contributed by atoms with Gasteiger partial charge in [-0.15, -0.1) is 0 Å². The fraction of sp³-hybridized carbons (Fsp3) is 0.444. The van der Waals surface area contributed by atoms with E-state index < -0.39 is 17.9 Å². The largest absolute Gasteiger partial charge is 0.465 e. The maximum atomic E-state index is 11.2. The van der Waals surface area contributed by atoms with Gasteiger partial charge in [0.2, 0.25) is 5.91 Å². The van der Waals surface area contributed by atoms with Gasteiger partial charge in [-0.3, -0.25) is 9.59 Å². The summed E-state index contributed by atoms with van der Waals surface area (Å²) < 4.78 is 0. The van der Waals surface area contributed by atoms with E-state index in [4.69, 9.17) is 16.6 Å². The van der Waals surface area contributed by atoms with Crippen LogP contribution in [0.3, 0.4) is 0 Å². The predicted molar refractivity (Wildman–Crippen MR) is 57.8 cm³/mol. The minimum atomic E-state index is -1.28. The molecule has 8 nitrogen and oxygen atoms in total. The van der Waals surface area contributed by atoms with E-state index in [0.717, 1.165) is 6.08 Å². The Kier molecular flexibility index (Phi) is 4.05. The molecule has 0 aliphatic carbocycles. The first kappa shape index (κ1) is 13.0. The number of rotatable bonds is 5. The monoisotopic (exact) mass is 242 g/mol. The van der Waals surface area contributed by atoms with Crippen LogP contribution in [0.25, 0.3) is 0 Å². The number of β-lactam (4-membered cyclic amide) rings is 1. The number of carbonyl (C=O) groups excluding carboxylic acids is 2. The summed E-state index contributed by atoms with van der Waals surface area (Å²) in [6, 6.07) is -0.867. The molecule has 0 aromatic heterocycles. The maximum Gasteiger partial charge on any atom is 0.405 e. The Hall–Kier alpha value is -2.09. The van der Waals surface area contributed by atoms with Gasteiger partial charge in [0.1, 0.15) is 6.04 Å². The fourth-order valence-electron chi connectivity index (χ4n) is 1.37. The summed E-state index contributed by atoms with van der Waals surface area (Å²) in [6.07, 6.45) is 0.123. The van der Waals surface area contributed by atoms with Crippen LogP contribution < -0.4 is 22.1 Å². The molecule has 0 aromatic rings. The van der Waals surface area contributed by atoms with E-state index >= 15 is 0 Å². The van der Waals surface area contributed by atoms with Crippen molar-refractivity contribution >= 4 is 17.8 Å². The third kappa shape index (κ3) is 3.76. The van der Waals surface area contributed by atoms with Crippen LogP contribution >= 0.6 is 0 Å². The maximum absolute atomic E-state index is 11.2. The van der Waals surface area contributed by atoms with E-state index in [-0.39, 0.29) is 30.6 Å². The van der Waals surface area contributed by atoms with Crippen LogP contribution in [-0.4, -0.2) is 41.5 Å². The first-order valence-corrected chi connectivity index (χ1v) is 4.91. The number of amides is 2. The summed E-state index contributed by atoms with van der Waals surface area (Å²) in [4.78, 5) is 32.1. The smallest absolute Gasteiger partial charge is 0.405 e. The summed E-state index contributed by atoms with van der Waals surface area (Å²) in [7, 11) is 0. The van der Waals surface area contributed by atoms with Crippen molar-refractivity contribution in [2.24, 2.45) is 11.5 Å². The Labute approximate surface area is 97.0 Å². The van der Waals surface area contributed by atoms with E-state index in [1.165, 1.54) is 0 Å². The van der Waals surface area contributed by atoms with Crippen molar-refractivity contribution in [2.75, 3.05) is 6.54 Å². The molecule has 2 amide bonds. The van der Waals surface area contributed by atoms with Crippen LogP contribution in [0.2, 0.25) is 0 Å². The number of hydrogen-bond donors (Lipinski definition) is 5. The van der Waals surface area contributed by atoms with Crippen molar-refractivity contribution in [1.82, 2.24) is 10.6 Å². The highest BCUT2D eigenvalue weighted by molar-refractivity contribution is 5.93. The molecule has 8 heteroatoms. The third-order valence-electron chi connectivity index (χ3n) is 2.28. The van der Waals surface area contributed by atoms with Crippen LogP contribution in [0.5, 0.6) is 0 Å². The SMILES string of the molecule is N/C(=C/C(=O)CNC(=O)O)C[C@@H]1NC(=O)[C@H]1N. The lowest BCUT2D eigenvalue weighted by atomic mass is 9.95. The second kappa shape index (κ2) is 5.30. The van der Waals surface area contributed by atoms with Gasteiger partial charge in [-0.25, -0.2) is 4.79 Å². The summed E-state index contributed by atoms with van der Waals surface area (Å²) in [5.41, 5.74) is 11.3. The van der Waals surface area contributed by atoms with E-state index in [0.29, 0.717) is 0 Å². The van der Waals surface area contributed by atoms with Crippen molar-refractivity contribution in [3.63, 3.8) is 0 Å². The van der Waals surface area contributed by atoms with Crippen molar-refractivity contribution in [3.8, 4) is 0 Å². The summed E-state index contributed by atoms with van der Waals surface area (Å²) >= 11 is 0. The second-order valence-corrected chi connectivity index (χ2v) is 3.69. The number of nitrogens with two attached hydrogens (primary N) is 2. The lowest BCUT2D eigenvalue weighted by molar-refractivity contribution is -0.130. The first-order valence-electron chi connectivity index (χ1n) is 4.91. The highest BCUT2D eigenvalue weighted by Gasteiger charge is 2.35. The Balaban J connectivity index is 2.36. The van der Waals surface area contributed by atoms with Crippen LogP contribution in [0.15, 0.2) is 11.8 Å². The Morgan fingerprint density at radius 1 is 1.53 bits per heavy atom. The van der Waals surface area contributed by atoms with E-state index in [1.54, 1.807) is 0 Å². The summed E-state index contributed by atoms with van der Waals surface area (Å²) in [5.74, 6) is -0.703. The molecular formula is C9H14N4O4. The van der Waals surface area contributed by atoms with Gasteiger partial charge >= 0.3 is 6.09 Å². The van der Waals surface area contributed by atoms with Crippen LogP contribution in [0.1, 0.15) is 6.42 Å². The van der Waals surface area contributed by atoms with Crippen molar-refractivity contribution < 1.29 is 19.5 Å². The second-order valence-electron chi connectivity index (χ2n) is 3.69. The number of hydrogen-bond acceptors (Lipinski definition) is 5. The molecule has 0 spiro atoms. The zero-order valence-corrected chi connectivity index (χ0v) is 8.97. The van der Waals surface area contributed by atoms with Gasteiger partial charge in [-0.1, -0.05) is 0 Å². The molecule has 1 heterocycles. The molecule has 0 saturated carbocycles. The number of carbonyl (C=O) groups is 3.